The Morgan fingerprint density at radius 1 is 1.67 bits per heavy atom. The standard InChI is InChI=1S/C12H20N4O2/c1-15-8-10(7-14-15)4-5-13-12(18)16-6-2-3-11(16)9-17/h7-8,11,17H,2-6,9H2,1H3,(H,13,18). The second-order valence-electron chi connectivity index (χ2n) is 4.68. The molecule has 1 aromatic heterocycles. The Bertz CT molecular complexity index is 405. The van der Waals surface area contributed by atoms with Gasteiger partial charge in [0.05, 0.1) is 18.8 Å². The summed E-state index contributed by atoms with van der Waals surface area (Å²) in [6.45, 7) is 1.39. The highest BCUT2D eigenvalue weighted by molar-refractivity contribution is 5.74. The molecule has 0 bridgehead atoms. The molecule has 1 aromatic rings. The summed E-state index contributed by atoms with van der Waals surface area (Å²) < 4.78 is 1.75. The summed E-state index contributed by atoms with van der Waals surface area (Å²) in [5, 5.41) is 16.1. The molecular formula is C12H20N4O2. The lowest BCUT2D eigenvalue weighted by molar-refractivity contribution is 0.157. The van der Waals surface area contributed by atoms with Gasteiger partial charge < -0.3 is 15.3 Å². The second-order valence-corrected chi connectivity index (χ2v) is 4.68. The first-order valence-electron chi connectivity index (χ1n) is 6.33. The van der Waals surface area contributed by atoms with Crippen molar-refractivity contribution in [1.29, 1.82) is 0 Å². The molecular weight excluding hydrogens is 232 g/mol. The number of urea groups is 1. The van der Waals surface area contributed by atoms with E-state index >= 15 is 0 Å². The van der Waals surface area contributed by atoms with E-state index in [9.17, 15) is 4.79 Å². The van der Waals surface area contributed by atoms with Crippen LogP contribution in [0.15, 0.2) is 12.4 Å². The van der Waals surface area contributed by atoms with Gasteiger partial charge in [-0.1, -0.05) is 0 Å². The Morgan fingerprint density at radius 2 is 2.50 bits per heavy atom. The van der Waals surface area contributed by atoms with Gasteiger partial charge in [0.25, 0.3) is 0 Å². The van der Waals surface area contributed by atoms with Crippen LogP contribution in [0.25, 0.3) is 0 Å². The van der Waals surface area contributed by atoms with E-state index < -0.39 is 0 Å². The number of hydrogen-bond donors (Lipinski definition) is 2. The molecule has 1 aliphatic heterocycles. The number of aliphatic hydroxyl groups is 1. The normalized spacial score (nSPS) is 19.2. The van der Waals surface area contributed by atoms with E-state index in [4.69, 9.17) is 5.11 Å². The average molecular weight is 252 g/mol. The highest BCUT2D eigenvalue weighted by Crippen LogP contribution is 2.16. The lowest BCUT2D eigenvalue weighted by atomic mass is 10.2. The minimum absolute atomic E-state index is 0.0107. The molecule has 18 heavy (non-hydrogen) atoms. The second kappa shape index (κ2) is 5.86. The zero-order valence-corrected chi connectivity index (χ0v) is 10.7. The molecule has 6 nitrogen and oxygen atoms in total. The lowest BCUT2D eigenvalue weighted by Gasteiger charge is -2.23. The molecule has 2 N–H and O–H groups in total. The minimum Gasteiger partial charge on any atom is -0.394 e. The number of amides is 2. The molecule has 0 spiro atoms. The maximum absolute atomic E-state index is 11.9. The van der Waals surface area contributed by atoms with Crippen molar-refractivity contribution in [3.8, 4) is 0 Å². The van der Waals surface area contributed by atoms with Crippen LogP contribution in [-0.4, -0.2) is 51.6 Å². The van der Waals surface area contributed by atoms with E-state index in [-0.39, 0.29) is 18.7 Å². The van der Waals surface area contributed by atoms with E-state index in [2.05, 4.69) is 10.4 Å². The number of aromatic nitrogens is 2. The third kappa shape index (κ3) is 3.01. The molecule has 0 aromatic carbocycles. The van der Waals surface area contributed by atoms with E-state index in [1.54, 1.807) is 15.8 Å². The van der Waals surface area contributed by atoms with Crippen molar-refractivity contribution in [2.75, 3.05) is 19.7 Å². The highest BCUT2D eigenvalue weighted by atomic mass is 16.3. The fourth-order valence-corrected chi connectivity index (χ4v) is 2.31. The van der Waals surface area contributed by atoms with E-state index in [0.717, 1.165) is 31.4 Å². The first-order valence-corrected chi connectivity index (χ1v) is 6.33. The molecule has 2 amide bonds. The van der Waals surface area contributed by atoms with Gasteiger partial charge in [-0.25, -0.2) is 4.79 Å². The molecule has 0 saturated carbocycles. The van der Waals surface area contributed by atoms with Gasteiger partial charge in [-0.15, -0.1) is 0 Å². The van der Waals surface area contributed by atoms with Crippen molar-refractivity contribution < 1.29 is 9.90 Å². The summed E-state index contributed by atoms with van der Waals surface area (Å²) in [4.78, 5) is 13.6. The minimum atomic E-state index is -0.0737. The molecule has 6 heteroatoms. The van der Waals surface area contributed by atoms with Crippen molar-refractivity contribution in [2.45, 2.75) is 25.3 Å². The largest absolute Gasteiger partial charge is 0.394 e. The zero-order valence-electron chi connectivity index (χ0n) is 10.7. The van der Waals surface area contributed by atoms with Crippen molar-refractivity contribution >= 4 is 6.03 Å². The zero-order chi connectivity index (χ0) is 13.0. The molecule has 2 rings (SSSR count). The molecule has 0 radical (unpaired) electrons. The van der Waals surface area contributed by atoms with Crippen LogP contribution in [-0.2, 0) is 13.5 Å². The third-order valence-electron chi connectivity index (χ3n) is 3.30. The van der Waals surface area contributed by atoms with Gasteiger partial charge in [0.1, 0.15) is 0 Å². The predicted octanol–water partition coefficient (Wildman–Crippen LogP) is 0.129. The van der Waals surface area contributed by atoms with Crippen LogP contribution in [0.5, 0.6) is 0 Å². The summed E-state index contributed by atoms with van der Waals surface area (Å²) in [5.41, 5.74) is 1.11. The highest BCUT2D eigenvalue weighted by Gasteiger charge is 2.27. The van der Waals surface area contributed by atoms with E-state index in [1.165, 1.54) is 0 Å². The number of carbonyl (C=O) groups is 1. The molecule has 1 unspecified atom stereocenters. The third-order valence-corrected chi connectivity index (χ3v) is 3.30. The Kier molecular flexibility index (Phi) is 4.19. The number of nitrogens with one attached hydrogen (secondary N) is 1. The Hall–Kier alpha value is -1.56. The van der Waals surface area contributed by atoms with Crippen LogP contribution in [0.1, 0.15) is 18.4 Å². The molecule has 1 fully saturated rings. The lowest BCUT2D eigenvalue weighted by Crippen LogP contribution is -2.44. The van der Waals surface area contributed by atoms with Gasteiger partial charge in [0.2, 0.25) is 0 Å². The van der Waals surface area contributed by atoms with Crippen molar-refractivity contribution in [3.63, 3.8) is 0 Å². The van der Waals surface area contributed by atoms with E-state index in [1.807, 2.05) is 13.2 Å². The first-order chi connectivity index (χ1) is 8.70. The van der Waals surface area contributed by atoms with E-state index in [0.29, 0.717) is 6.54 Å². The number of aryl methyl sites for hydroxylation is 1. The monoisotopic (exact) mass is 252 g/mol. The first kappa shape index (κ1) is 12.9. The molecule has 1 aliphatic rings. The smallest absolute Gasteiger partial charge is 0.317 e. The van der Waals surface area contributed by atoms with Gasteiger partial charge in [-0.05, 0) is 24.8 Å². The van der Waals surface area contributed by atoms with Gasteiger partial charge >= 0.3 is 6.03 Å². The van der Waals surface area contributed by atoms with Crippen LogP contribution in [0.2, 0.25) is 0 Å². The Labute approximate surface area is 107 Å². The van der Waals surface area contributed by atoms with Gasteiger partial charge in [-0.3, -0.25) is 4.68 Å². The van der Waals surface area contributed by atoms with Crippen molar-refractivity contribution in [1.82, 2.24) is 20.0 Å². The maximum atomic E-state index is 11.9. The quantitative estimate of drug-likeness (QED) is 0.800. The fourth-order valence-electron chi connectivity index (χ4n) is 2.31. The Balaban J connectivity index is 1.74. The summed E-state index contributed by atoms with van der Waals surface area (Å²) in [5.74, 6) is 0. The topological polar surface area (TPSA) is 70.4 Å². The van der Waals surface area contributed by atoms with Gasteiger partial charge in [0, 0.05) is 26.3 Å². The van der Waals surface area contributed by atoms with Crippen molar-refractivity contribution in [3.05, 3.63) is 18.0 Å². The number of nitrogens with zero attached hydrogens (tertiary/aromatic N) is 3. The number of rotatable bonds is 4. The summed E-state index contributed by atoms with van der Waals surface area (Å²) in [6.07, 6.45) is 6.39. The van der Waals surface area contributed by atoms with Crippen LogP contribution < -0.4 is 5.32 Å². The molecule has 100 valence electrons. The van der Waals surface area contributed by atoms with Gasteiger partial charge in [-0.2, -0.15) is 5.10 Å². The summed E-state index contributed by atoms with van der Waals surface area (Å²) >= 11 is 0. The summed E-state index contributed by atoms with van der Waals surface area (Å²) in [6, 6.07) is -0.0844. The van der Waals surface area contributed by atoms with Crippen LogP contribution in [0.4, 0.5) is 4.79 Å². The van der Waals surface area contributed by atoms with Crippen molar-refractivity contribution in [2.24, 2.45) is 7.05 Å². The number of likely N-dealkylation sites (tertiary alicyclic amines) is 1. The number of hydrogen-bond acceptors (Lipinski definition) is 3. The molecule has 1 atom stereocenters. The summed E-state index contributed by atoms with van der Waals surface area (Å²) in [7, 11) is 1.87. The molecule has 1 saturated heterocycles. The van der Waals surface area contributed by atoms with Gasteiger partial charge in [0.15, 0.2) is 0 Å². The Morgan fingerprint density at radius 3 is 3.17 bits per heavy atom. The van der Waals surface area contributed by atoms with Crippen LogP contribution >= 0.6 is 0 Å². The number of carbonyl (C=O) groups excluding carboxylic acids is 1. The molecule has 0 aliphatic carbocycles. The predicted molar refractivity (Wildman–Crippen MR) is 67.1 cm³/mol. The van der Waals surface area contributed by atoms with Crippen LogP contribution in [0, 0.1) is 0 Å². The SMILES string of the molecule is Cn1cc(CCNC(=O)N2CCCC2CO)cn1. The van der Waals surface area contributed by atoms with Crippen LogP contribution in [0.3, 0.4) is 0 Å². The molecule has 2 heterocycles. The average Bonchev–Trinajstić information content (AvgIpc) is 2.97. The maximum Gasteiger partial charge on any atom is 0.317 e. The fraction of sp³-hybridized carbons (Fsp3) is 0.667. The number of aliphatic hydroxyl groups excluding tert-OH is 1.